The number of carbonyl (C=O) groups is 1. The van der Waals surface area contributed by atoms with Crippen molar-refractivity contribution in [2.45, 2.75) is 13.8 Å². The average Bonchev–Trinajstić information content (AvgIpc) is 3.31. The van der Waals surface area contributed by atoms with Gasteiger partial charge in [0.2, 0.25) is 5.13 Å². The van der Waals surface area contributed by atoms with Gasteiger partial charge in [0.05, 0.1) is 28.1 Å². The lowest BCUT2D eigenvalue weighted by molar-refractivity contribution is -0.114. The van der Waals surface area contributed by atoms with E-state index in [2.05, 4.69) is 16.2 Å². The maximum Gasteiger partial charge on any atom is 0.282 e. The van der Waals surface area contributed by atoms with Crippen LogP contribution in [0.4, 0.5) is 5.13 Å². The monoisotopic (exact) mass is 413 g/mol. The Morgan fingerprint density at radius 1 is 1.07 bits per heavy atom. The number of thiazole rings is 1. The van der Waals surface area contributed by atoms with Crippen LogP contribution in [0.5, 0.6) is 5.75 Å². The minimum absolute atomic E-state index is 0.179. The summed E-state index contributed by atoms with van der Waals surface area (Å²) >= 11 is 1.46. The maximum absolute atomic E-state index is 13.3. The second-order valence-corrected chi connectivity index (χ2v) is 7.97. The molecule has 0 atom stereocenters. The van der Waals surface area contributed by atoms with Crippen molar-refractivity contribution in [3.63, 3.8) is 0 Å². The van der Waals surface area contributed by atoms with Gasteiger partial charge in [0.1, 0.15) is 5.75 Å². The zero-order valence-electron chi connectivity index (χ0n) is 16.6. The SMILES string of the molecule is CCOc1ccc2ccccc2c1/C=C1\C(=O)N(c2nc3ccccc3s2)N=C1C. The van der Waals surface area contributed by atoms with Gasteiger partial charge in [-0.3, -0.25) is 4.79 Å². The molecule has 3 aromatic carbocycles. The molecular formula is C24H19N3O2S. The second kappa shape index (κ2) is 7.39. The largest absolute Gasteiger partial charge is 0.493 e. The van der Waals surface area contributed by atoms with Crippen molar-refractivity contribution in [2.24, 2.45) is 5.10 Å². The lowest BCUT2D eigenvalue weighted by Crippen LogP contribution is -2.21. The first-order valence-electron chi connectivity index (χ1n) is 9.77. The summed E-state index contributed by atoms with van der Waals surface area (Å²) in [6.45, 7) is 4.35. The van der Waals surface area contributed by atoms with Gasteiger partial charge < -0.3 is 4.74 Å². The number of hydrazone groups is 1. The lowest BCUT2D eigenvalue weighted by Gasteiger charge is -2.12. The fourth-order valence-electron chi connectivity index (χ4n) is 3.61. The van der Waals surface area contributed by atoms with E-state index in [-0.39, 0.29) is 5.91 Å². The molecule has 0 radical (unpaired) electrons. The Hall–Kier alpha value is -3.51. The predicted molar refractivity (Wildman–Crippen MR) is 123 cm³/mol. The Morgan fingerprint density at radius 2 is 1.87 bits per heavy atom. The normalized spacial score (nSPS) is 15.4. The smallest absolute Gasteiger partial charge is 0.282 e. The minimum atomic E-state index is -0.179. The summed E-state index contributed by atoms with van der Waals surface area (Å²) in [5.74, 6) is 0.574. The Balaban J connectivity index is 1.60. The maximum atomic E-state index is 13.3. The topological polar surface area (TPSA) is 54.8 Å². The average molecular weight is 414 g/mol. The highest BCUT2D eigenvalue weighted by Gasteiger charge is 2.31. The number of para-hydroxylation sites is 1. The van der Waals surface area contributed by atoms with Crippen LogP contribution < -0.4 is 9.75 Å². The number of ether oxygens (including phenoxy) is 1. The summed E-state index contributed by atoms with van der Waals surface area (Å²) in [6, 6.07) is 19.9. The number of aromatic nitrogens is 1. The molecule has 1 aliphatic heterocycles. The highest BCUT2D eigenvalue weighted by molar-refractivity contribution is 7.22. The third-order valence-corrected chi connectivity index (χ3v) is 6.06. The van der Waals surface area contributed by atoms with Crippen LogP contribution >= 0.6 is 11.3 Å². The number of carbonyl (C=O) groups excluding carboxylic acids is 1. The molecule has 0 N–H and O–H groups in total. The molecule has 0 saturated heterocycles. The molecule has 0 fully saturated rings. The zero-order chi connectivity index (χ0) is 20.7. The van der Waals surface area contributed by atoms with Crippen LogP contribution in [0.15, 0.2) is 71.3 Å². The number of anilines is 1. The van der Waals surface area contributed by atoms with Gasteiger partial charge in [0.15, 0.2) is 0 Å². The van der Waals surface area contributed by atoms with E-state index in [1.807, 2.05) is 74.5 Å². The quantitative estimate of drug-likeness (QED) is 0.406. The molecule has 1 aliphatic rings. The van der Waals surface area contributed by atoms with Crippen molar-refractivity contribution in [3.05, 3.63) is 71.8 Å². The van der Waals surface area contributed by atoms with E-state index in [9.17, 15) is 4.79 Å². The number of nitrogens with zero attached hydrogens (tertiary/aromatic N) is 3. The predicted octanol–water partition coefficient (Wildman–Crippen LogP) is 5.65. The lowest BCUT2D eigenvalue weighted by atomic mass is 10.00. The first-order chi connectivity index (χ1) is 14.7. The number of amides is 1. The summed E-state index contributed by atoms with van der Waals surface area (Å²) in [5, 5.41) is 8.61. The van der Waals surface area contributed by atoms with Gasteiger partial charge >= 0.3 is 0 Å². The molecule has 6 heteroatoms. The van der Waals surface area contributed by atoms with Gasteiger partial charge in [-0.2, -0.15) is 10.1 Å². The zero-order valence-corrected chi connectivity index (χ0v) is 17.4. The molecule has 2 heterocycles. The van der Waals surface area contributed by atoms with E-state index in [1.165, 1.54) is 16.3 Å². The third-order valence-electron chi connectivity index (χ3n) is 5.05. The molecule has 0 bridgehead atoms. The van der Waals surface area contributed by atoms with Crippen LogP contribution in [-0.4, -0.2) is 23.2 Å². The highest BCUT2D eigenvalue weighted by atomic mass is 32.1. The molecule has 1 aromatic heterocycles. The number of fused-ring (bicyclic) bond motifs is 2. The van der Waals surface area contributed by atoms with Crippen LogP contribution in [0.1, 0.15) is 19.4 Å². The van der Waals surface area contributed by atoms with Gasteiger partial charge in [-0.05, 0) is 48.9 Å². The van der Waals surface area contributed by atoms with Crippen LogP contribution in [0.2, 0.25) is 0 Å². The van der Waals surface area contributed by atoms with Crippen LogP contribution in [0.25, 0.3) is 27.1 Å². The van der Waals surface area contributed by atoms with E-state index in [0.29, 0.717) is 23.0 Å². The van der Waals surface area contributed by atoms with Crippen molar-refractivity contribution in [1.29, 1.82) is 0 Å². The summed E-state index contributed by atoms with van der Waals surface area (Å²) in [5.41, 5.74) is 2.96. The van der Waals surface area contributed by atoms with Crippen molar-refractivity contribution in [3.8, 4) is 5.75 Å². The van der Waals surface area contributed by atoms with Gasteiger partial charge in [0, 0.05) is 5.56 Å². The molecule has 1 amide bonds. The van der Waals surface area contributed by atoms with Gasteiger partial charge in [-0.15, -0.1) is 0 Å². The molecular weight excluding hydrogens is 394 g/mol. The van der Waals surface area contributed by atoms with Crippen molar-refractivity contribution >= 4 is 55.2 Å². The van der Waals surface area contributed by atoms with Crippen molar-refractivity contribution in [1.82, 2.24) is 4.98 Å². The number of rotatable bonds is 4. The first-order valence-corrected chi connectivity index (χ1v) is 10.6. The highest BCUT2D eigenvalue weighted by Crippen LogP contribution is 2.35. The molecule has 5 nitrogen and oxygen atoms in total. The molecule has 4 aromatic rings. The fraction of sp³-hybridized carbons (Fsp3) is 0.125. The standard InChI is InChI=1S/C24H19N3O2S/c1-3-29-21-13-12-16-8-4-5-9-17(16)19(21)14-18-15(2)26-27(23(18)28)24-25-20-10-6-7-11-22(20)30-24/h4-14H,3H2,1-2H3/b18-14-. The van der Waals surface area contributed by atoms with E-state index in [0.717, 1.165) is 32.3 Å². The molecule has 30 heavy (non-hydrogen) atoms. The van der Waals surface area contributed by atoms with Crippen molar-refractivity contribution in [2.75, 3.05) is 11.6 Å². The Bertz CT molecular complexity index is 1320. The molecule has 0 spiro atoms. The summed E-state index contributed by atoms with van der Waals surface area (Å²) in [6.07, 6.45) is 1.89. The molecule has 0 aliphatic carbocycles. The second-order valence-electron chi connectivity index (χ2n) is 6.96. The summed E-state index contributed by atoms with van der Waals surface area (Å²) in [7, 11) is 0. The molecule has 148 valence electrons. The molecule has 0 unspecified atom stereocenters. The summed E-state index contributed by atoms with van der Waals surface area (Å²) < 4.78 is 6.88. The van der Waals surface area contributed by atoms with Gasteiger partial charge in [-0.1, -0.05) is 53.8 Å². The number of hydrogen-bond acceptors (Lipinski definition) is 5. The van der Waals surface area contributed by atoms with E-state index < -0.39 is 0 Å². The van der Waals surface area contributed by atoms with E-state index >= 15 is 0 Å². The Morgan fingerprint density at radius 3 is 2.70 bits per heavy atom. The number of hydrogen-bond donors (Lipinski definition) is 0. The minimum Gasteiger partial charge on any atom is -0.493 e. The third kappa shape index (κ3) is 3.06. The summed E-state index contributed by atoms with van der Waals surface area (Å²) in [4.78, 5) is 17.9. The van der Waals surface area contributed by atoms with Gasteiger partial charge in [0.25, 0.3) is 5.91 Å². The number of benzene rings is 3. The van der Waals surface area contributed by atoms with Gasteiger partial charge in [-0.25, -0.2) is 4.98 Å². The first kappa shape index (κ1) is 18.5. The van der Waals surface area contributed by atoms with E-state index in [1.54, 1.807) is 0 Å². The Labute approximate surface area is 177 Å². The Kier molecular flexibility index (Phi) is 4.56. The fourth-order valence-corrected chi connectivity index (χ4v) is 4.53. The molecule has 5 rings (SSSR count). The molecule has 0 saturated carbocycles. The van der Waals surface area contributed by atoms with Crippen LogP contribution in [0.3, 0.4) is 0 Å². The van der Waals surface area contributed by atoms with Crippen molar-refractivity contribution < 1.29 is 9.53 Å². The van der Waals surface area contributed by atoms with Crippen LogP contribution in [-0.2, 0) is 4.79 Å². The van der Waals surface area contributed by atoms with E-state index in [4.69, 9.17) is 4.74 Å². The van der Waals surface area contributed by atoms with Crippen LogP contribution in [0, 0.1) is 0 Å².